The molecule has 2 amide bonds. The summed E-state index contributed by atoms with van der Waals surface area (Å²) in [6.07, 6.45) is 0.533. The lowest BCUT2D eigenvalue weighted by Crippen LogP contribution is -2.51. The molecule has 0 saturated carbocycles. The molecule has 1 aromatic rings. The fourth-order valence-electron chi connectivity index (χ4n) is 3.17. The first-order valence-electron chi connectivity index (χ1n) is 8.76. The van der Waals surface area contributed by atoms with Gasteiger partial charge in [0.1, 0.15) is 0 Å². The smallest absolute Gasteiger partial charge is 0.253 e. The Kier molecular flexibility index (Phi) is 6.29. The molecule has 3 rings (SSSR count). The zero-order valence-corrected chi connectivity index (χ0v) is 15.1. The summed E-state index contributed by atoms with van der Waals surface area (Å²) in [5.41, 5.74) is 0.636. The summed E-state index contributed by atoms with van der Waals surface area (Å²) in [4.78, 5) is 30.8. The lowest BCUT2D eigenvalue weighted by atomic mass is 10.2. The monoisotopic (exact) mass is 365 g/mol. The lowest BCUT2D eigenvalue weighted by molar-refractivity contribution is -0.133. The van der Waals surface area contributed by atoms with Gasteiger partial charge < -0.3 is 14.5 Å². The van der Waals surface area contributed by atoms with E-state index in [1.807, 2.05) is 4.90 Å². The summed E-state index contributed by atoms with van der Waals surface area (Å²) in [5.74, 6) is 0.169. The highest BCUT2D eigenvalue weighted by molar-refractivity contribution is 6.30. The fourth-order valence-corrected chi connectivity index (χ4v) is 3.30. The second-order valence-corrected chi connectivity index (χ2v) is 6.82. The molecule has 0 bridgehead atoms. The van der Waals surface area contributed by atoms with E-state index in [0.29, 0.717) is 43.2 Å². The molecule has 25 heavy (non-hydrogen) atoms. The van der Waals surface area contributed by atoms with Gasteiger partial charge in [0.05, 0.1) is 13.2 Å². The van der Waals surface area contributed by atoms with E-state index in [-0.39, 0.29) is 11.8 Å². The fraction of sp³-hybridized carbons (Fsp3) is 0.556. The number of halogens is 1. The Morgan fingerprint density at radius 3 is 2.16 bits per heavy atom. The largest absolute Gasteiger partial charge is 0.379 e. The Balaban J connectivity index is 1.43. The molecule has 2 aliphatic heterocycles. The second-order valence-electron chi connectivity index (χ2n) is 6.38. The third-order valence-electron chi connectivity index (χ3n) is 4.76. The van der Waals surface area contributed by atoms with Crippen LogP contribution in [0.25, 0.3) is 0 Å². The Hall–Kier alpha value is -1.63. The summed E-state index contributed by atoms with van der Waals surface area (Å²) in [7, 11) is 0. The van der Waals surface area contributed by atoms with Crippen molar-refractivity contribution in [2.24, 2.45) is 0 Å². The quantitative estimate of drug-likeness (QED) is 0.808. The van der Waals surface area contributed by atoms with Gasteiger partial charge in [-0.15, -0.1) is 0 Å². The van der Waals surface area contributed by atoms with Crippen LogP contribution in [0.1, 0.15) is 16.8 Å². The molecule has 1 aromatic carbocycles. The molecular weight excluding hydrogens is 342 g/mol. The molecule has 0 radical (unpaired) electrons. The number of hydrogen-bond acceptors (Lipinski definition) is 4. The third kappa shape index (κ3) is 4.93. The molecule has 2 aliphatic rings. The molecule has 2 heterocycles. The van der Waals surface area contributed by atoms with Gasteiger partial charge in [-0.1, -0.05) is 11.6 Å². The van der Waals surface area contributed by atoms with E-state index in [9.17, 15) is 9.59 Å². The highest BCUT2D eigenvalue weighted by Gasteiger charge is 2.25. The van der Waals surface area contributed by atoms with Crippen molar-refractivity contribution in [3.63, 3.8) is 0 Å². The van der Waals surface area contributed by atoms with Gasteiger partial charge in [-0.3, -0.25) is 14.5 Å². The van der Waals surface area contributed by atoms with Crippen molar-refractivity contribution in [1.82, 2.24) is 14.7 Å². The van der Waals surface area contributed by atoms with E-state index in [2.05, 4.69) is 4.90 Å². The molecule has 7 heteroatoms. The number of ether oxygens (including phenoxy) is 1. The number of hydrogen-bond donors (Lipinski definition) is 0. The second kappa shape index (κ2) is 8.65. The minimum absolute atomic E-state index is 0.00270. The van der Waals surface area contributed by atoms with Gasteiger partial charge in [-0.25, -0.2) is 0 Å². The van der Waals surface area contributed by atoms with E-state index in [1.54, 1.807) is 29.2 Å². The Labute approximate surface area is 153 Å². The minimum Gasteiger partial charge on any atom is -0.379 e. The van der Waals surface area contributed by atoms with Crippen molar-refractivity contribution >= 4 is 23.4 Å². The zero-order chi connectivity index (χ0) is 17.6. The molecule has 0 unspecified atom stereocenters. The van der Waals surface area contributed by atoms with E-state index in [4.69, 9.17) is 16.3 Å². The van der Waals surface area contributed by atoms with Crippen LogP contribution in [0.3, 0.4) is 0 Å². The Morgan fingerprint density at radius 2 is 1.52 bits per heavy atom. The summed E-state index contributed by atoms with van der Waals surface area (Å²) < 4.78 is 5.32. The molecule has 0 N–H and O–H groups in total. The van der Waals surface area contributed by atoms with Crippen LogP contribution in [0.4, 0.5) is 0 Å². The van der Waals surface area contributed by atoms with Crippen LogP contribution in [0, 0.1) is 0 Å². The van der Waals surface area contributed by atoms with Crippen LogP contribution in [-0.4, -0.2) is 85.5 Å². The number of carbonyl (C=O) groups is 2. The van der Waals surface area contributed by atoms with Crippen LogP contribution in [0.15, 0.2) is 24.3 Å². The molecule has 136 valence electrons. The molecule has 0 aliphatic carbocycles. The highest BCUT2D eigenvalue weighted by atomic mass is 35.5. The maximum absolute atomic E-state index is 12.5. The Bertz CT molecular complexity index is 594. The lowest BCUT2D eigenvalue weighted by Gasteiger charge is -2.35. The topological polar surface area (TPSA) is 53.1 Å². The van der Waals surface area contributed by atoms with Crippen LogP contribution >= 0.6 is 11.6 Å². The maximum Gasteiger partial charge on any atom is 0.253 e. The maximum atomic E-state index is 12.5. The van der Waals surface area contributed by atoms with Crippen molar-refractivity contribution < 1.29 is 14.3 Å². The molecular formula is C18H24ClN3O3. The molecule has 2 fully saturated rings. The summed E-state index contributed by atoms with van der Waals surface area (Å²) in [6.45, 7) is 6.43. The Morgan fingerprint density at radius 1 is 0.920 bits per heavy atom. The number of benzene rings is 1. The molecule has 0 spiro atoms. The van der Waals surface area contributed by atoms with Gasteiger partial charge in [0, 0.05) is 62.8 Å². The molecule has 2 saturated heterocycles. The molecule has 0 atom stereocenters. The average molecular weight is 366 g/mol. The summed E-state index contributed by atoms with van der Waals surface area (Å²) in [5, 5.41) is 0.618. The van der Waals surface area contributed by atoms with Crippen LogP contribution < -0.4 is 0 Å². The van der Waals surface area contributed by atoms with Crippen LogP contribution in [-0.2, 0) is 9.53 Å². The molecule has 6 nitrogen and oxygen atoms in total. The van der Waals surface area contributed by atoms with E-state index in [0.717, 1.165) is 32.8 Å². The van der Waals surface area contributed by atoms with Gasteiger partial charge in [0.2, 0.25) is 5.91 Å². The number of morpholine rings is 1. The summed E-state index contributed by atoms with van der Waals surface area (Å²) in [6, 6.07) is 6.93. The zero-order valence-electron chi connectivity index (χ0n) is 14.3. The number of nitrogens with zero attached hydrogens (tertiary/aromatic N) is 3. The van der Waals surface area contributed by atoms with Gasteiger partial charge in [-0.2, -0.15) is 0 Å². The first kappa shape index (κ1) is 18.2. The van der Waals surface area contributed by atoms with Crippen molar-refractivity contribution in [2.75, 3.05) is 59.0 Å². The first-order chi connectivity index (χ1) is 12.1. The van der Waals surface area contributed by atoms with Gasteiger partial charge >= 0.3 is 0 Å². The van der Waals surface area contributed by atoms with Gasteiger partial charge in [0.25, 0.3) is 5.91 Å². The standard InChI is InChI=1S/C18H24ClN3O3/c19-16-3-1-15(2-4-16)18(24)22-9-7-21(8-10-22)17(23)5-6-20-11-13-25-14-12-20/h1-4H,5-14H2. The average Bonchev–Trinajstić information content (AvgIpc) is 2.67. The van der Waals surface area contributed by atoms with Crippen molar-refractivity contribution in [2.45, 2.75) is 6.42 Å². The highest BCUT2D eigenvalue weighted by Crippen LogP contribution is 2.13. The number of piperazine rings is 1. The van der Waals surface area contributed by atoms with E-state index < -0.39 is 0 Å². The number of rotatable bonds is 4. The van der Waals surface area contributed by atoms with E-state index >= 15 is 0 Å². The van der Waals surface area contributed by atoms with Crippen LogP contribution in [0.5, 0.6) is 0 Å². The predicted molar refractivity (Wildman–Crippen MR) is 95.8 cm³/mol. The SMILES string of the molecule is O=C(CCN1CCOCC1)N1CCN(C(=O)c2ccc(Cl)cc2)CC1. The summed E-state index contributed by atoms with van der Waals surface area (Å²) >= 11 is 5.86. The van der Waals surface area contributed by atoms with Gasteiger partial charge in [-0.05, 0) is 24.3 Å². The normalized spacial score (nSPS) is 19.1. The molecule has 0 aromatic heterocycles. The first-order valence-corrected chi connectivity index (χ1v) is 9.14. The van der Waals surface area contributed by atoms with Crippen molar-refractivity contribution in [1.29, 1.82) is 0 Å². The minimum atomic E-state index is -0.00270. The van der Waals surface area contributed by atoms with Crippen molar-refractivity contribution in [3.8, 4) is 0 Å². The third-order valence-corrected chi connectivity index (χ3v) is 5.01. The van der Waals surface area contributed by atoms with Crippen LogP contribution in [0.2, 0.25) is 5.02 Å². The number of amides is 2. The van der Waals surface area contributed by atoms with E-state index in [1.165, 1.54) is 0 Å². The van der Waals surface area contributed by atoms with Crippen molar-refractivity contribution in [3.05, 3.63) is 34.9 Å². The number of carbonyl (C=O) groups excluding carboxylic acids is 2. The van der Waals surface area contributed by atoms with Gasteiger partial charge in [0.15, 0.2) is 0 Å². The predicted octanol–water partition coefficient (Wildman–Crippen LogP) is 1.35.